The summed E-state index contributed by atoms with van der Waals surface area (Å²) >= 11 is 1.91. The molecule has 0 bridgehead atoms. The molecule has 52 valence electrons. The second-order valence-corrected chi connectivity index (χ2v) is 3.52. The van der Waals surface area contributed by atoms with E-state index in [2.05, 4.69) is 19.3 Å². The molecule has 0 aromatic heterocycles. The van der Waals surface area contributed by atoms with E-state index in [1.165, 1.54) is 19.3 Å². The Bertz CT molecular complexity index is 116. The van der Waals surface area contributed by atoms with Gasteiger partial charge in [0.2, 0.25) is 0 Å². The van der Waals surface area contributed by atoms with Crippen LogP contribution in [0.3, 0.4) is 0 Å². The first-order valence-electron chi connectivity index (χ1n) is 3.58. The number of thioether (sulfide) groups is 1. The van der Waals surface area contributed by atoms with E-state index >= 15 is 0 Å². The summed E-state index contributed by atoms with van der Waals surface area (Å²) in [6.07, 6.45) is 8.66. The van der Waals surface area contributed by atoms with Gasteiger partial charge in [-0.05, 0) is 36.3 Å². The highest BCUT2D eigenvalue weighted by Gasteiger charge is 2.10. The van der Waals surface area contributed by atoms with Gasteiger partial charge in [-0.3, -0.25) is 0 Å². The molecule has 0 unspecified atom stereocenters. The smallest absolute Gasteiger partial charge is 0.0134 e. The predicted octanol–water partition coefficient (Wildman–Crippen LogP) is 3.05. The number of hydrogen-bond donors (Lipinski definition) is 0. The molecule has 1 aliphatic carbocycles. The van der Waals surface area contributed by atoms with Crippen molar-refractivity contribution in [1.82, 2.24) is 0 Å². The fourth-order valence-electron chi connectivity index (χ4n) is 1.30. The summed E-state index contributed by atoms with van der Waals surface area (Å²) in [6.45, 7) is 2.32. The molecule has 0 saturated heterocycles. The van der Waals surface area contributed by atoms with Crippen molar-refractivity contribution in [2.45, 2.75) is 26.2 Å². The maximum Gasteiger partial charge on any atom is -0.0134 e. The summed E-state index contributed by atoms with van der Waals surface area (Å²) in [4.78, 5) is 1.60. The molecule has 0 aromatic rings. The lowest BCUT2D eigenvalue weighted by atomic mass is 9.98. The number of allylic oxidation sites excluding steroid dienone is 2. The molecule has 0 N–H and O–H groups in total. The SMILES string of the molecule is CSC1=CCCC[C@@H]1C. The van der Waals surface area contributed by atoms with Crippen LogP contribution in [0.2, 0.25) is 0 Å². The van der Waals surface area contributed by atoms with Crippen LogP contribution in [0.5, 0.6) is 0 Å². The van der Waals surface area contributed by atoms with E-state index in [0.717, 1.165) is 5.92 Å². The quantitative estimate of drug-likeness (QED) is 0.542. The van der Waals surface area contributed by atoms with Crippen LogP contribution in [0.25, 0.3) is 0 Å². The highest BCUT2D eigenvalue weighted by atomic mass is 32.2. The Balaban J connectivity index is 2.53. The first kappa shape index (κ1) is 7.20. The highest BCUT2D eigenvalue weighted by molar-refractivity contribution is 8.02. The van der Waals surface area contributed by atoms with Crippen LogP contribution < -0.4 is 0 Å². The van der Waals surface area contributed by atoms with Crippen molar-refractivity contribution in [2.24, 2.45) is 5.92 Å². The summed E-state index contributed by atoms with van der Waals surface area (Å²) in [7, 11) is 0. The summed E-state index contributed by atoms with van der Waals surface area (Å²) in [5, 5.41) is 0. The lowest BCUT2D eigenvalue weighted by Gasteiger charge is -2.17. The van der Waals surface area contributed by atoms with Gasteiger partial charge in [-0.2, -0.15) is 0 Å². The summed E-state index contributed by atoms with van der Waals surface area (Å²) in [5.74, 6) is 0.841. The molecule has 1 atom stereocenters. The molecule has 0 amide bonds. The molecule has 9 heavy (non-hydrogen) atoms. The van der Waals surface area contributed by atoms with E-state index in [0.29, 0.717) is 0 Å². The van der Waals surface area contributed by atoms with Crippen molar-refractivity contribution in [3.8, 4) is 0 Å². The molecule has 0 aliphatic heterocycles. The molecule has 0 radical (unpaired) electrons. The summed E-state index contributed by atoms with van der Waals surface area (Å²) in [5.41, 5.74) is 0. The molecule has 0 saturated carbocycles. The van der Waals surface area contributed by atoms with E-state index in [-0.39, 0.29) is 0 Å². The third kappa shape index (κ3) is 1.75. The maximum atomic E-state index is 2.39. The van der Waals surface area contributed by atoms with E-state index in [4.69, 9.17) is 0 Å². The van der Waals surface area contributed by atoms with E-state index in [1.807, 2.05) is 11.8 Å². The Kier molecular flexibility index (Phi) is 2.65. The van der Waals surface area contributed by atoms with Crippen LogP contribution in [0.1, 0.15) is 26.2 Å². The fourth-order valence-corrected chi connectivity index (χ4v) is 2.10. The summed E-state index contributed by atoms with van der Waals surface area (Å²) in [6, 6.07) is 0. The van der Waals surface area contributed by atoms with Gasteiger partial charge >= 0.3 is 0 Å². The topological polar surface area (TPSA) is 0 Å². The molecule has 1 rings (SSSR count). The van der Waals surface area contributed by atoms with Gasteiger partial charge in [0.05, 0.1) is 0 Å². The normalized spacial score (nSPS) is 27.8. The predicted molar refractivity (Wildman–Crippen MR) is 44.6 cm³/mol. The zero-order valence-corrected chi connectivity index (χ0v) is 7.00. The Hall–Kier alpha value is 0.0900. The molecular weight excluding hydrogens is 128 g/mol. The average Bonchev–Trinajstić information content (AvgIpc) is 1.89. The number of rotatable bonds is 1. The second kappa shape index (κ2) is 3.31. The third-order valence-corrected chi connectivity index (χ3v) is 2.95. The van der Waals surface area contributed by atoms with Crippen molar-refractivity contribution >= 4 is 11.8 Å². The van der Waals surface area contributed by atoms with Gasteiger partial charge in [0.25, 0.3) is 0 Å². The van der Waals surface area contributed by atoms with Gasteiger partial charge in [0.15, 0.2) is 0 Å². The lowest BCUT2D eigenvalue weighted by molar-refractivity contribution is 0.576. The molecule has 0 nitrogen and oxygen atoms in total. The highest BCUT2D eigenvalue weighted by Crippen LogP contribution is 2.30. The van der Waals surface area contributed by atoms with E-state index in [9.17, 15) is 0 Å². The van der Waals surface area contributed by atoms with Crippen molar-refractivity contribution in [3.05, 3.63) is 11.0 Å². The maximum absolute atomic E-state index is 2.39. The molecule has 0 fully saturated rings. The van der Waals surface area contributed by atoms with Gasteiger partial charge in [0.1, 0.15) is 0 Å². The Morgan fingerprint density at radius 2 is 2.44 bits per heavy atom. The minimum atomic E-state index is 0.841. The molecular formula is C8H14S. The molecule has 1 heteroatoms. The van der Waals surface area contributed by atoms with Crippen LogP contribution in [0, 0.1) is 5.92 Å². The van der Waals surface area contributed by atoms with Gasteiger partial charge in [-0.25, -0.2) is 0 Å². The van der Waals surface area contributed by atoms with Crippen LogP contribution in [0.15, 0.2) is 11.0 Å². The van der Waals surface area contributed by atoms with Crippen molar-refractivity contribution in [1.29, 1.82) is 0 Å². The number of hydrogen-bond acceptors (Lipinski definition) is 1. The van der Waals surface area contributed by atoms with Crippen molar-refractivity contribution < 1.29 is 0 Å². The minimum absolute atomic E-state index is 0.841. The lowest BCUT2D eigenvalue weighted by Crippen LogP contribution is -2.00. The monoisotopic (exact) mass is 142 g/mol. The molecule has 0 heterocycles. The van der Waals surface area contributed by atoms with Crippen molar-refractivity contribution in [3.63, 3.8) is 0 Å². The molecule has 0 aromatic carbocycles. The van der Waals surface area contributed by atoms with Gasteiger partial charge in [-0.1, -0.05) is 13.0 Å². The Labute approximate surface area is 61.7 Å². The Morgan fingerprint density at radius 1 is 1.67 bits per heavy atom. The molecule has 1 aliphatic rings. The van der Waals surface area contributed by atoms with Gasteiger partial charge < -0.3 is 0 Å². The van der Waals surface area contributed by atoms with Crippen molar-refractivity contribution in [2.75, 3.05) is 6.26 Å². The third-order valence-electron chi connectivity index (χ3n) is 1.91. The average molecular weight is 142 g/mol. The van der Waals surface area contributed by atoms with Crippen LogP contribution in [0.4, 0.5) is 0 Å². The van der Waals surface area contributed by atoms with Gasteiger partial charge in [0, 0.05) is 0 Å². The van der Waals surface area contributed by atoms with E-state index in [1.54, 1.807) is 4.91 Å². The first-order chi connectivity index (χ1) is 4.34. The zero-order valence-electron chi connectivity index (χ0n) is 6.18. The minimum Gasteiger partial charge on any atom is -0.134 e. The van der Waals surface area contributed by atoms with E-state index < -0.39 is 0 Å². The molecule has 0 spiro atoms. The first-order valence-corrected chi connectivity index (χ1v) is 4.81. The zero-order chi connectivity index (χ0) is 6.69. The van der Waals surface area contributed by atoms with Crippen LogP contribution in [-0.4, -0.2) is 6.26 Å². The standard InChI is InChI=1S/C8H14S/c1-7-5-3-4-6-8(7)9-2/h6-7H,3-5H2,1-2H3/t7-/m0/s1. The largest absolute Gasteiger partial charge is 0.134 e. The summed E-state index contributed by atoms with van der Waals surface area (Å²) < 4.78 is 0. The van der Waals surface area contributed by atoms with Gasteiger partial charge in [-0.15, -0.1) is 11.8 Å². The van der Waals surface area contributed by atoms with Crippen LogP contribution >= 0.6 is 11.8 Å². The Morgan fingerprint density at radius 3 is 2.89 bits per heavy atom. The van der Waals surface area contributed by atoms with Crippen LogP contribution in [-0.2, 0) is 0 Å². The fraction of sp³-hybridized carbons (Fsp3) is 0.750. The second-order valence-electron chi connectivity index (χ2n) is 2.64.